The second kappa shape index (κ2) is 6.79. The molecule has 2 N–H and O–H groups in total. The van der Waals surface area contributed by atoms with Gasteiger partial charge >= 0.3 is 0 Å². The number of halogens is 2. The Bertz CT molecular complexity index is 387. The van der Waals surface area contributed by atoms with Gasteiger partial charge in [-0.3, -0.25) is 9.78 Å². The van der Waals surface area contributed by atoms with Gasteiger partial charge in [0.25, 0.3) is 5.91 Å². The van der Waals surface area contributed by atoms with Crippen LogP contribution in [0.25, 0.3) is 0 Å². The molecule has 1 aliphatic rings. The minimum atomic E-state index is 0. The van der Waals surface area contributed by atoms with Crippen molar-refractivity contribution in [2.75, 3.05) is 13.1 Å². The number of hydrogen-bond donors (Lipinski definition) is 1. The van der Waals surface area contributed by atoms with Gasteiger partial charge in [0.05, 0.1) is 0 Å². The molecule has 96 valence electrons. The number of aromatic nitrogens is 1. The number of hydrogen-bond acceptors (Lipinski definition) is 3. The van der Waals surface area contributed by atoms with Crippen LogP contribution in [0.4, 0.5) is 0 Å². The number of nitrogens with two attached hydrogens (primary N) is 1. The van der Waals surface area contributed by atoms with Crippen molar-refractivity contribution < 1.29 is 4.79 Å². The molecule has 2 rings (SSSR count). The topological polar surface area (TPSA) is 59.2 Å². The third-order valence-corrected chi connectivity index (χ3v) is 2.72. The fourth-order valence-corrected chi connectivity index (χ4v) is 1.83. The number of amides is 1. The van der Waals surface area contributed by atoms with Crippen LogP contribution in [0.3, 0.4) is 0 Å². The number of nitrogens with zero attached hydrogens (tertiary/aromatic N) is 2. The van der Waals surface area contributed by atoms with Crippen molar-refractivity contribution in [3.8, 4) is 0 Å². The first-order valence-electron chi connectivity index (χ1n) is 5.15. The van der Waals surface area contributed by atoms with E-state index in [0.29, 0.717) is 12.2 Å². The van der Waals surface area contributed by atoms with Gasteiger partial charge in [0.15, 0.2) is 0 Å². The normalized spacial score (nSPS) is 18.2. The molecule has 0 bridgehead atoms. The average Bonchev–Trinajstić information content (AvgIpc) is 2.65. The molecule has 0 spiro atoms. The summed E-state index contributed by atoms with van der Waals surface area (Å²) >= 11 is 0. The molecule has 1 amide bonds. The molecule has 1 aliphatic heterocycles. The van der Waals surface area contributed by atoms with Crippen LogP contribution in [0.5, 0.6) is 0 Å². The highest BCUT2D eigenvalue weighted by Gasteiger charge is 2.25. The summed E-state index contributed by atoms with van der Waals surface area (Å²) in [4.78, 5) is 17.9. The number of carbonyl (C=O) groups excluding carboxylic acids is 1. The number of rotatable bonds is 1. The van der Waals surface area contributed by atoms with E-state index in [1.807, 2.05) is 19.1 Å². The Morgan fingerprint density at radius 1 is 1.53 bits per heavy atom. The minimum absolute atomic E-state index is 0. The predicted molar refractivity (Wildman–Crippen MR) is 72.0 cm³/mol. The zero-order chi connectivity index (χ0) is 10.8. The van der Waals surface area contributed by atoms with Crippen LogP contribution in [0.15, 0.2) is 18.3 Å². The van der Waals surface area contributed by atoms with E-state index in [1.165, 1.54) is 0 Å². The molecule has 17 heavy (non-hydrogen) atoms. The first-order valence-corrected chi connectivity index (χ1v) is 5.15. The first-order chi connectivity index (χ1) is 7.18. The maximum absolute atomic E-state index is 12.0. The fourth-order valence-electron chi connectivity index (χ4n) is 1.83. The van der Waals surface area contributed by atoms with Crippen molar-refractivity contribution in [3.05, 3.63) is 29.6 Å². The van der Waals surface area contributed by atoms with Crippen LogP contribution < -0.4 is 5.73 Å². The highest BCUT2D eigenvalue weighted by molar-refractivity contribution is 5.93. The van der Waals surface area contributed by atoms with Crippen molar-refractivity contribution in [3.63, 3.8) is 0 Å². The van der Waals surface area contributed by atoms with Crippen molar-refractivity contribution in [1.29, 1.82) is 0 Å². The quantitative estimate of drug-likeness (QED) is 0.845. The second-order valence-corrected chi connectivity index (χ2v) is 3.97. The molecular weight excluding hydrogens is 261 g/mol. The van der Waals surface area contributed by atoms with Crippen molar-refractivity contribution >= 4 is 30.7 Å². The van der Waals surface area contributed by atoms with Gasteiger partial charge in [0.2, 0.25) is 0 Å². The van der Waals surface area contributed by atoms with Gasteiger partial charge in [0.1, 0.15) is 5.69 Å². The van der Waals surface area contributed by atoms with Crippen LogP contribution >= 0.6 is 24.8 Å². The second-order valence-electron chi connectivity index (χ2n) is 3.97. The van der Waals surface area contributed by atoms with E-state index < -0.39 is 0 Å². The summed E-state index contributed by atoms with van der Waals surface area (Å²) in [5.41, 5.74) is 7.23. The van der Waals surface area contributed by atoms with Gasteiger partial charge in [-0.2, -0.15) is 0 Å². The average molecular weight is 278 g/mol. The lowest BCUT2D eigenvalue weighted by atomic mass is 10.2. The molecule has 2 heterocycles. The highest BCUT2D eigenvalue weighted by atomic mass is 35.5. The van der Waals surface area contributed by atoms with Crippen LogP contribution in [0, 0.1) is 6.92 Å². The zero-order valence-electron chi connectivity index (χ0n) is 9.63. The van der Waals surface area contributed by atoms with E-state index in [9.17, 15) is 4.79 Å². The molecule has 0 radical (unpaired) electrons. The van der Waals surface area contributed by atoms with Gasteiger partial charge in [-0.1, -0.05) is 6.07 Å². The minimum Gasteiger partial charge on any atom is -0.336 e. The van der Waals surface area contributed by atoms with Crippen molar-refractivity contribution in [1.82, 2.24) is 9.88 Å². The molecule has 4 nitrogen and oxygen atoms in total. The third kappa shape index (κ3) is 3.56. The summed E-state index contributed by atoms with van der Waals surface area (Å²) in [6, 6.07) is 3.86. The van der Waals surface area contributed by atoms with E-state index in [0.717, 1.165) is 18.5 Å². The number of likely N-dealkylation sites (tertiary alicyclic amines) is 1. The van der Waals surface area contributed by atoms with Crippen LogP contribution in [-0.2, 0) is 0 Å². The molecule has 1 fully saturated rings. The van der Waals surface area contributed by atoms with Crippen LogP contribution in [-0.4, -0.2) is 34.9 Å². The lowest BCUT2D eigenvalue weighted by Crippen LogP contribution is -2.32. The van der Waals surface area contributed by atoms with Gasteiger partial charge in [0, 0.05) is 25.3 Å². The summed E-state index contributed by atoms with van der Waals surface area (Å²) in [6.07, 6.45) is 2.54. The summed E-state index contributed by atoms with van der Waals surface area (Å²) < 4.78 is 0. The molecule has 0 aromatic carbocycles. The Morgan fingerprint density at radius 3 is 2.76 bits per heavy atom. The third-order valence-electron chi connectivity index (χ3n) is 2.72. The van der Waals surface area contributed by atoms with Gasteiger partial charge in [-0.15, -0.1) is 24.8 Å². The lowest BCUT2D eigenvalue weighted by Gasteiger charge is -2.15. The molecule has 0 unspecified atom stereocenters. The van der Waals surface area contributed by atoms with Crippen molar-refractivity contribution in [2.24, 2.45) is 5.73 Å². The monoisotopic (exact) mass is 277 g/mol. The SMILES string of the molecule is Cc1cccnc1C(=O)N1CC[C@H](N)C1.Cl.Cl. The van der Waals surface area contributed by atoms with E-state index in [4.69, 9.17) is 5.73 Å². The van der Waals surface area contributed by atoms with Crippen LogP contribution in [0.1, 0.15) is 22.5 Å². The number of aryl methyl sites for hydroxylation is 1. The smallest absolute Gasteiger partial charge is 0.272 e. The molecule has 1 aromatic rings. The van der Waals surface area contributed by atoms with Gasteiger partial charge in [-0.05, 0) is 25.0 Å². The molecule has 1 atom stereocenters. The number of carbonyl (C=O) groups is 1. The van der Waals surface area contributed by atoms with Crippen LogP contribution in [0.2, 0.25) is 0 Å². The first kappa shape index (κ1) is 16.2. The molecule has 0 aliphatic carbocycles. The van der Waals surface area contributed by atoms with Gasteiger partial charge < -0.3 is 10.6 Å². The van der Waals surface area contributed by atoms with E-state index in [-0.39, 0.29) is 36.8 Å². The predicted octanol–water partition coefficient (Wildman–Crippen LogP) is 1.41. The Hall–Kier alpha value is -0.840. The fraction of sp³-hybridized carbons (Fsp3) is 0.455. The summed E-state index contributed by atoms with van der Waals surface area (Å²) in [6.45, 7) is 3.29. The standard InChI is InChI=1S/C11H15N3O.2ClH/c1-8-3-2-5-13-10(8)11(15)14-6-4-9(12)7-14;;/h2-3,5,9H,4,6-7,12H2,1H3;2*1H/t9-;;/m0../s1. The molecule has 6 heteroatoms. The Morgan fingerprint density at radius 2 is 2.24 bits per heavy atom. The zero-order valence-corrected chi connectivity index (χ0v) is 11.3. The summed E-state index contributed by atoms with van der Waals surface area (Å²) in [5.74, 6) is 0.000972. The maximum Gasteiger partial charge on any atom is 0.272 e. The van der Waals surface area contributed by atoms with Crippen molar-refractivity contribution in [2.45, 2.75) is 19.4 Å². The Kier molecular flexibility index (Phi) is 6.45. The van der Waals surface area contributed by atoms with Gasteiger partial charge in [-0.25, -0.2) is 0 Å². The summed E-state index contributed by atoms with van der Waals surface area (Å²) in [5, 5.41) is 0. The largest absolute Gasteiger partial charge is 0.336 e. The van der Waals surface area contributed by atoms with E-state index >= 15 is 0 Å². The Balaban J connectivity index is 0.00000128. The van der Waals surface area contributed by atoms with E-state index in [1.54, 1.807) is 11.1 Å². The summed E-state index contributed by atoms with van der Waals surface area (Å²) in [7, 11) is 0. The Labute approximate surface area is 113 Å². The maximum atomic E-state index is 12.0. The lowest BCUT2D eigenvalue weighted by molar-refractivity contribution is 0.0784. The highest BCUT2D eigenvalue weighted by Crippen LogP contribution is 2.13. The molecule has 1 aromatic heterocycles. The molecule has 0 saturated carbocycles. The number of pyridine rings is 1. The molecular formula is C11H17Cl2N3O. The molecule has 1 saturated heterocycles. The van der Waals surface area contributed by atoms with E-state index in [2.05, 4.69) is 4.98 Å².